The molecule has 0 spiro atoms. The van der Waals surface area contributed by atoms with E-state index < -0.39 is 0 Å². The Morgan fingerprint density at radius 3 is 1.95 bits per heavy atom. The minimum absolute atomic E-state index is 0.463. The van der Waals surface area contributed by atoms with Gasteiger partial charge in [0.25, 0.3) is 0 Å². The summed E-state index contributed by atoms with van der Waals surface area (Å²) in [4.78, 5) is 12.7. The molecule has 0 atom stereocenters. The summed E-state index contributed by atoms with van der Waals surface area (Å²) in [5.41, 5.74) is 5.33. The van der Waals surface area contributed by atoms with Crippen LogP contribution in [0.2, 0.25) is 0 Å². The number of ether oxygens (including phenoxy) is 2. The number of nitrogens with one attached hydrogen (secondary N) is 1. The van der Waals surface area contributed by atoms with Crippen LogP contribution in [0.1, 0.15) is 31.9 Å². The molecule has 0 radical (unpaired) electrons. The van der Waals surface area contributed by atoms with Crippen LogP contribution in [0.15, 0.2) is 72.8 Å². The van der Waals surface area contributed by atoms with Gasteiger partial charge in [-0.2, -0.15) is 0 Å². The Morgan fingerprint density at radius 1 is 0.821 bits per heavy atom. The minimum atomic E-state index is 0.463. The summed E-state index contributed by atoms with van der Waals surface area (Å²) in [5.74, 6) is 3.90. The molecule has 7 heteroatoms. The molecule has 5 rings (SSSR count). The molecule has 5 aromatic rings. The number of hydrogen-bond donors (Lipinski definition) is 1. The summed E-state index contributed by atoms with van der Waals surface area (Å²) in [7, 11) is 3.38. The summed E-state index contributed by atoms with van der Waals surface area (Å²) < 4.78 is 13.1. The quantitative estimate of drug-likeness (QED) is 0.203. The van der Waals surface area contributed by atoms with Crippen LogP contribution >= 0.6 is 0 Å². The van der Waals surface area contributed by atoms with Gasteiger partial charge in [0.1, 0.15) is 17.0 Å². The lowest BCUT2D eigenvalue weighted by Gasteiger charge is -2.25. The van der Waals surface area contributed by atoms with E-state index in [9.17, 15) is 0 Å². The average Bonchev–Trinajstić information content (AvgIpc) is 3.30. The number of imidazole rings is 1. The van der Waals surface area contributed by atoms with Gasteiger partial charge in [-0.25, -0.2) is 9.97 Å². The molecule has 0 aliphatic carbocycles. The molecule has 0 unspecified atom stereocenters. The van der Waals surface area contributed by atoms with Crippen molar-refractivity contribution >= 4 is 33.7 Å². The van der Waals surface area contributed by atoms with E-state index in [1.54, 1.807) is 14.2 Å². The second-order valence-electron chi connectivity index (χ2n) is 10.2. The second kappa shape index (κ2) is 11.6. The molecule has 0 amide bonds. The number of anilines is 2. The molecule has 2 heterocycles. The molecular formula is C32H37N5O2. The lowest BCUT2D eigenvalue weighted by atomic mass is 10.1. The van der Waals surface area contributed by atoms with Crippen molar-refractivity contribution in [3.05, 3.63) is 83.9 Å². The number of fused-ring (bicyclic) bond motifs is 3. The van der Waals surface area contributed by atoms with Gasteiger partial charge in [-0.1, -0.05) is 56.3 Å². The van der Waals surface area contributed by atoms with Crippen LogP contribution in [-0.2, 0) is 19.6 Å². The lowest BCUT2D eigenvalue weighted by Crippen LogP contribution is -2.23. The van der Waals surface area contributed by atoms with Gasteiger partial charge in [0.15, 0.2) is 5.82 Å². The van der Waals surface area contributed by atoms with E-state index in [1.807, 2.05) is 24.3 Å². The standard InChI is InChI=1S/C32H37N5O2/c1-6-33-32-35-29-30(37(32)19-22(2)3)27-9-7-8-10-28(27)34-31(29)36(20-23-11-15-25(38-4)16-12-23)21-24-13-17-26(39-5)18-14-24/h7-18,22H,6,19-21H2,1-5H3,(H,33,35). The zero-order valence-electron chi connectivity index (χ0n) is 23.4. The number of para-hydroxylation sites is 1. The topological polar surface area (TPSA) is 64.4 Å². The van der Waals surface area contributed by atoms with E-state index in [0.717, 1.165) is 58.3 Å². The first-order valence-electron chi connectivity index (χ1n) is 13.5. The molecule has 0 aliphatic rings. The maximum atomic E-state index is 5.40. The van der Waals surface area contributed by atoms with Gasteiger partial charge in [-0.05, 0) is 54.3 Å². The zero-order chi connectivity index (χ0) is 27.4. The van der Waals surface area contributed by atoms with Crippen molar-refractivity contribution in [3.8, 4) is 11.5 Å². The van der Waals surface area contributed by atoms with Crippen molar-refractivity contribution in [2.45, 2.75) is 40.4 Å². The summed E-state index contributed by atoms with van der Waals surface area (Å²) >= 11 is 0. The number of hydrogen-bond acceptors (Lipinski definition) is 6. The van der Waals surface area contributed by atoms with Crippen molar-refractivity contribution < 1.29 is 9.47 Å². The number of benzene rings is 3. The van der Waals surface area contributed by atoms with Crippen LogP contribution in [0.25, 0.3) is 21.9 Å². The van der Waals surface area contributed by atoms with E-state index in [-0.39, 0.29) is 0 Å². The molecular weight excluding hydrogens is 486 g/mol. The third-order valence-electron chi connectivity index (χ3n) is 6.81. The highest BCUT2D eigenvalue weighted by Crippen LogP contribution is 2.35. The Hall–Kier alpha value is -4.26. The van der Waals surface area contributed by atoms with Crippen LogP contribution < -0.4 is 19.7 Å². The highest BCUT2D eigenvalue weighted by atomic mass is 16.5. The first-order chi connectivity index (χ1) is 19.0. The van der Waals surface area contributed by atoms with Crippen LogP contribution in [0.3, 0.4) is 0 Å². The Labute approximate surface area is 230 Å². The monoisotopic (exact) mass is 523 g/mol. The first kappa shape index (κ1) is 26.4. The molecule has 202 valence electrons. The molecule has 7 nitrogen and oxygen atoms in total. The van der Waals surface area contributed by atoms with Crippen LogP contribution in [-0.4, -0.2) is 35.3 Å². The van der Waals surface area contributed by atoms with E-state index >= 15 is 0 Å². The van der Waals surface area contributed by atoms with Gasteiger partial charge < -0.3 is 24.3 Å². The minimum Gasteiger partial charge on any atom is -0.497 e. The smallest absolute Gasteiger partial charge is 0.204 e. The van der Waals surface area contributed by atoms with Gasteiger partial charge >= 0.3 is 0 Å². The molecule has 3 aromatic carbocycles. The van der Waals surface area contributed by atoms with Crippen molar-refractivity contribution in [2.75, 3.05) is 31.0 Å². The maximum Gasteiger partial charge on any atom is 0.204 e. The normalized spacial score (nSPS) is 11.3. The Morgan fingerprint density at radius 2 is 1.41 bits per heavy atom. The lowest BCUT2D eigenvalue weighted by molar-refractivity contribution is 0.414. The third-order valence-corrected chi connectivity index (χ3v) is 6.81. The Balaban J connectivity index is 1.70. The second-order valence-corrected chi connectivity index (χ2v) is 10.2. The highest BCUT2D eigenvalue weighted by molar-refractivity contribution is 6.08. The number of pyridine rings is 1. The number of methoxy groups -OCH3 is 2. The molecule has 0 aliphatic heterocycles. The van der Waals surface area contributed by atoms with E-state index in [4.69, 9.17) is 19.4 Å². The Kier molecular flexibility index (Phi) is 7.87. The predicted octanol–water partition coefficient (Wildman–Crippen LogP) is 6.90. The van der Waals surface area contributed by atoms with Gasteiger partial charge in [-0.3, -0.25) is 0 Å². The molecule has 2 aromatic heterocycles. The predicted molar refractivity (Wildman–Crippen MR) is 160 cm³/mol. The van der Waals surface area contributed by atoms with Crippen LogP contribution in [0, 0.1) is 5.92 Å². The largest absolute Gasteiger partial charge is 0.497 e. The SMILES string of the molecule is CCNc1nc2c(N(Cc3ccc(OC)cc3)Cc3ccc(OC)cc3)nc3ccccc3c2n1CC(C)C. The fourth-order valence-corrected chi connectivity index (χ4v) is 4.99. The van der Waals surface area contributed by atoms with Gasteiger partial charge in [0.05, 0.1) is 25.3 Å². The average molecular weight is 524 g/mol. The summed E-state index contributed by atoms with van der Waals surface area (Å²) in [6.07, 6.45) is 0. The fraction of sp³-hybridized carbons (Fsp3) is 0.312. The molecule has 0 bridgehead atoms. The first-order valence-corrected chi connectivity index (χ1v) is 13.5. The molecule has 0 saturated heterocycles. The summed E-state index contributed by atoms with van der Waals surface area (Å²) in [6, 6.07) is 24.8. The van der Waals surface area contributed by atoms with E-state index in [0.29, 0.717) is 19.0 Å². The number of rotatable bonds is 11. The van der Waals surface area contributed by atoms with Gasteiger partial charge in [-0.15, -0.1) is 0 Å². The molecule has 0 saturated carbocycles. The van der Waals surface area contributed by atoms with Crippen molar-refractivity contribution in [1.29, 1.82) is 0 Å². The van der Waals surface area contributed by atoms with Crippen molar-refractivity contribution in [2.24, 2.45) is 5.92 Å². The number of nitrogens with zero attached hydrogens (tertiary/aromatic N) is 4. The zero-order valence-corrected chi connectivity index (χ0v) is 23.4. The van der Waals surface area contributed by atoms with Crippen LogP contribution in [0.5, 0.6) is 11.5 Å². The molecule has 0 fully saturated rings. The van der Waals surface area contributed by atoms with Gasteiger partial charge in [0.2, 0.25) is 5.95 Å². The summed E-state index contributed by atoms with van der Waals surface area (Å²) in [6.45, 7) is 9.59. The highest BCUT2D eigenvalue weighted by Gasteiger charge is 2.23. The summed E-state index contributed by atoms with van der Waals surface area (Å²) in [5, 5.41) is 4.62. The maximum absolute atomic E-state index is 5.40. The fourth-order valence-electron chi connectivity index (χ4n) is 4.99. The van der Waals surface area contributed by atoms with Crippen molar-refractivity contribution in [3.63, 3.8) is 0 Å². The van der Waals surface area contributed by atoms with Crippen molar-refractivity contribution in [1.82, 2.24) is 14.5 Å². The van der Waals surface area contributed by atoms with Gasteiger partial charge in [0, 0.05) is 31.6 Å². The molecule has 1 N–H and O–H groups in total. The van der Waals surface area contributed by atoms with Crippen LogP contribution in [0.4, 0.5) is 11.8 Å². The molecule has 39 heavy (non-hydrogen) atoms. The van der Waals surface area contributed by atoms with E-state index in [2.05, 4.69) is 84.1 Å². The third kappa shape index (κ3) is 5.62. The van der Waals surface area contributed by atoms with E-state index in [1.165, 1.54) is 11.1 Å². The number of aromatic nitrogens is 3. The Bertz CT molecular complexity index is 1490.